The van der Waals surface area contributed by atoms with Gasteiger partial charge in [0.05, 0.1) is 31.0 Å². The van der Waals surface area contributed by atoms with E-state index in [2.05, 4.69) is 51.7 Å². The van der Waals surface area contributed by atoms with Crippen molar-refractivity contribution < 1.29 is 75.3 Å². The quantitative estimate of drug-likeness (QED) is 0.0108. The molecule has 0 spiro atoms. The Labute approximate surface area is 416 Å². The molecule has 0 radical (unpaired) electrons. The average molecular weight is 989 g/mol. The fraction of sp³-hybridized carbons (Fsp3) is 0.481. The van der Waals surface area contributed by atoms with Gasteiger partial charge in [-0.25, -0.2) is 0 Å². The van der Waals surface area contributed by atoms with Gasteiger partial charge in [0.25, 0.3) is 11.9 Å². The van der Waals surface area contributed by atoms with E-state index in [0.717, 1.165) is 45.1 Å². The van der Waals surface area contributed by atoms with Gasteiger partial charge in [0.15, 0.2) is 0 Å². The summed E-state index contributed by atoms with van der Waals surface area (Å²) >= 11 is 0. The zero-order valence-corrected chi connectivity index (χ0v) is 44.0. The van der Waals surface area contributed by atoms with Crippen LogP contribution < -0.4 is 10.8 Å². The summed E-state index contributed by atoms with van der Waals surface area (Å²) in [4.78, 5) is 29.9. The first-order valence-electron chi connectivity index (χ1n) is 23.2. The second kappa shape index (κ2) is 57.8. The van der Waals surface area contributed by atoms with E-state index in [1.807, 2.05) is 85.1 Å². The van der Waals surface area contributed by atoms with E-state index in [-0.39, 0.29) is 25.9 Å². The van der Waals surface area contributed by atoms with E-state index in [1.165, 1.54) is 13.3 Å². The van der Waals surface area contributed by atoms with Crippen LogP contribution in [-0.2, 0) is 33.9 Å². The number of aliphatic carboxylic acids is 3. The fourth-order valence-electron chi connectivity index (χ4n) is 4.45. The van der Waals surface area contributed by atoms with E-state index in [9.17, 15) is 39.9 Å². The molecular formula is C54H86N2O10Zn. The smallest absolute Gasteiger partial charge is 0.666 e. The molecule has 0 aliphatic rings. The summed E-state index contributed by atoms with van der Waals surface area (Å²) in [5, 5.41) is 65.3. The van der Waals surface area contributed by atoms with Crippen LogP contribution in [0.2, 0.25) is 0 Å². The summed E-state index contributed by atoms with van der Waals surface area (Å²) in [6.45, 7) is 12.0. The van der Waals surface area contributed by atoms with E-state index in [0.29, 0.717) is 44.9 Å². The van der Waals surface area contributed by atoms with Crippen LogP contribution in [0.5, 0.6) is 0 Å². The van der Waals surface area contributed by atoms with Crippen molar-refractivity contribution in [1.29, 1.82) is 0 Å². The number of nitrogens with one attached hydrogen (secondary N) is 1. The number of carboxylic acid groups (broad SMARTS) is 3. The topological polar surface area (TPSA) is 247 Å². The molecular weight excluding hydrogens is 902 g/mol. The number of carbonyl (C=O) groups excluding carboxylic acids is 1. The standard InChI is InChI=1S/C22H32O4.C22H34O2.C7H14NO2.C3H6NO2.Zn/c1-2-3-10-15-20(23)17-12-8-9-13-18-21(24)16-11-6-4-5-7-14-19-22(25)26;1-3-5-7-8-9-10-14-18-22(24)20-16-12-11-15-19-21(23)17-13-6-4-2;1-6(7(9)10)4-2-3-5-8;1-2(4)3(5)6;/h3,5-13,17-18,20-21,23-24H,2,4,14-16,19H2,1H3,(H,25,26);6-8,10-16,19-24H,3-5,9,17-18H2,1-2H3;6H,1-5,8H2,(H,9,10);2,4H,1H3,(H,5,6);/q;;2*-1;+2/b7-5-,9-8-,10-3-,11-6-,17-12+,18-13+;8-7-,12-11-,13-6-,14-10-,19-15+,20-16+;;;/t20-,21-;21-,22-;6-;2-;/m0000./s1. The van der Waals surface area contributed by atoms with Gasteiger partial charge >= 0.3 is 19.5 Å². The van der Waals surface area contributed by atoms with Crippen molar-refractivity contribution in [3.63, 3.8) is 0 Å². The number of unbranched alkanes of at least 4 members (excludes halogenated alkanes) is 2. The Morgan fingerprint density at radius 1 is 0.567 bits per heavy atom. The number of hydrogen-bond acceptors (Lipinski definition) is 8. The van der Waals surface area contributed by atoms with Gasteiger partial charge in [0.1, 0.15) is 0 Å². The maximum absolute atomic E-state index is 10.2. The first-order valence-corrected chi connectivity index (χ1v) is 23.2. The molecule has 0 saturated heterocycles. The Hall–Kier alpha value is -4.33. The number of hydrogen-bond donors (Lipinski definition) is 7. The summed E-state index contributed by atoms with van der Waals surface area (Å²) in [6.07, 6.45) is 55.0. The van der Waals surface area contributed by atoms with Crippen molar-refractivity contribution in [3.05, 3.63) is 158 Å². The van der Waals surface area contributed by atoms with Crippen molar-refractivity contribution in [2.45, 2.75) is 154 Å². The summed E-state index contributed by atoms with van der Waals surface area (Å²) in [5.41, 5.74) is 10.1. The average Bonchev–Trinajstić information content (AvgIpc) is 3.27. The number of aliphatic hydroxyl groups is 4. The third-order valence-electron chi connectivity index (χ3n) is 8.27. The molecule has 6 atom stereocenters. The molecule has 0 bridgehead atoms. The molecule has 0 unspecified atom stereocenters. The van der Waals surface area contributed by atoms with Crippen LogP contribution in [0.1, 0.15) is 124 Å². The number of carbonyl (C=O) groups is 3. The molecule has 12 nitrogen and oxygen atoms in total. The Balaban J connectivity index is -0.000000286. The second-order valence-corrected chi connectivity index (χ2v) is 14.8. The van der Waals surface area contributed by atoms with Gasteiger partial charge in [-0.1, -0.05) is 192 Å². The molecule has 0 aliphatic carbocycles. The molecule has 0 amide bonds. The van der Waals surface area contributed by atoms with Crippen molar-refractivity contribution in [1.82, 2.24) is 0 Å². The van der Waals surface area contributed by atoms with Gasteiger partial charge in [0, 0.05) is 5.97 Å². The monoisotopic (exact) mass is 987 g/mol. The van der Waals surface area contributed by atoms with Crippen LogP contribution in [-0.4, -0.2) is 85.5 Å². The van der Waals surface area contributed by atoms with E-state index >= 15 is 0 Å². The zero-order chi connectivity index (χ0) is 50.5. The molecule has 0 fully saturated rings. The molecule has 67 heavy (non-hydrogen) atoms. The molecule has 0 aromatic heterocycles. The summed E-state index contributed by atoms with van der Waals surface area (Å²) in [7, 11) is 0. The largest absolute Gasteiger partial charge is 2.00 e. The van der Waals surface area contributed by atoms with Crippen molar-refractivity contribution in [2.24, 2.45) is 5.92 Å². The predicted octanol–water partition coefficient (Wildman–Crippen LogP) is 9.02. The van der Waals surface area contributed by atoms with Crippen molar-refractivity contribution >= 4 is 17.9 Å². The zero-order valence-electron chi connectivity index (χ0n) is 41.1. The molecule has 0 heterocycles. The fourth-order valence-corrected chi connectivity index (χ4v) is 4.45. The molecule has 0 aliphatic heterocycles. The van der Waals surface area contributed by atoms with Gasteiger partial charge < -0.3 is 58.9 Å². The molecule has 13 heteroatoms. The van der Waals surface area contributed by atoms with Crippen LogP contribution in [0, 0.1) is 12.8 Å². The molecule has 10 N–H and O–H groups in total. The van der Waals surface area contributed by atoms with Gasteiger partial charge in [0.2, 0.25) is 0 Å². The van der Waals surface area contributed by atoms with Crippen molar-refractivity contribution in [3.8, 4) is 0 Å². The number of quaternary nitrogens is 1. The first kappa shape index (κ1) is 71.7. The number of carboxylic acids is 3. The molecule has 0 aromatic rings. The predicted molar refractivity (Wildman–Crippen MR) is 271 cm³/mol. The SMILES string of the molecule is CC/C=C\C[C@H](O)/C=C/C=C\C=C\[C@@H](O)C/C=C\C/C=C\CCC.CC/C=C\C[C@H](O)/C=C/C=C\C=C\[C@@H](O)C/C=C\C/C=C\CCC(=O)[O-].C[C@H]([NH-])C(=O)O.[CH2-][C@@H](CCCC[NH3+])C(=O)O.[Zn+2]. The number of allylic oxidation sites excluding steroid dienone is 16. The van der Waals surface area contributed by atoms with Gasteiger partial charge in [-0.05, 0) is 89.5 Å². The van der Waals surface area contributed by atoms with Gasteiger partial charge in [-0.2, -0.15) is 0 Å². The third kappa shape index (κ3) is 68.4. The molecule has 0 saturated carbocycles. The maximum atomic E-state index is 10.2. The molecule has 0 aromatic carbocycles. The van der Waals surface area contributed by atoms with Crippen LogP contribution in [0.3, 0.4) is 0 Å². The maximum Gasteiger partial charge on any atom is 2.00 e. The van der Waals surface area contributed by atoms with Crippen LogP contribution in [0.15, 0.2) is 146 Å². The van der Waals surface area contributed by atoms with E-state index in [1.54, 1.807) is 42.5 Å². The Morgan fingerprint density at radius 3 is 1.21 bits per heavy atom. The van der Waals surface area contributed by atoms with Gasteiger partial charge in [-0.3, -0.25) is 9.59 Å². The normalized spacial score (nSPS) is 14.9. The Bertz CT molecular complexity index is 1520. The minimum absolute atomic E-state index is 0. The van der Waals surface area contributed by atoms with Crippen LogP contribution in [0.25, 0.3) is 5.73 Å². The Morgan fingerprint density at radius 2 is 0.910 bits per heavy atom. The number of aliphatic hydroxyl groups excluding tert-OH is 4. The van der Waals surface area contributed by atoms with Crippen LogP contribution in [0.4, 0.5) is 0 Å². The van der Waals surface area contributed by atoms with E-state index in [4.69, 9.17) is 15.9 Å². The van der Waals surface area contributed by atoms with Crippen molar-refractivity contribution in [2.75, 3.05) is 6.54 Å². The van der Waals surface area contributed by atoms with E-state index < -0.39 is 54.3 Å². The summed E-state index contributed by atoms with van der Waals surface area (Å²) in [5.74, 6) is -3.35. The molecule has 0 rings (SSSR count). The second-order valence-electron chi connectivity index (χ2n) is 14.8. The number of rotatable bonds is 33. The third-order valence-corrected chi connectivity index (χ3v) is 8.27. The Kier molecular flexibility index (Phi) is 61.8. The van der Waals surface area contributed by atoms with Crippen LogP contribution >= 0.6 is 0 Å². The van der Waals surface area contributed by atoms with Gasteiger partial charge in [-0.15, -0.1) is 0 Å². The minimum Gasteiger partial charge on any atom is -0.666 e. The molecule has 374 valence electrons. The summed E-state index contributed by atoms with van der Waals surface area (Å²) < 4.78 is 0. The summed E-state index contributed by atoms with van der Waals surface area (Å²) in [6, 6.07) is -0.981. The minimum atomic E-state index is -1.07. The first-order chi connectivity index (χ1) is 31.6.